The van der Waals surface area contributed by atoms with Gasteiger partial charge in [-0.3, -0.25) is 5.10 Å². The Morgan fingerprint density at radius 3 is 3.09 bits per heavy atom. The third kappa shape index (κ3) is 0.907. The normalized spacial score (nSPS) is 10.6. The largest absolute Gasteiger partial charge is 0.275 e. The number of aromatic amines is 1. The molecule has 1 heterocycles. The summed E-state index contributed by atoms with van der Waals surface area (Å²) < 4.78 is 12.8. The maximum Gasteiger partial charge on any atom is 0.240 e. The van der Waals surface area contributed by atoms with E-state index in [9.17, 15) is 4.39 Å². The maximum atomic E-state index is 12.8. The van der Waals surface area contributed by atoms with Gasteiger partial charge in [-0.2, -0.15) is 4.39 Å². The van der Waals surface area contributed by atoms with Crippen LogP contribution in [-0.2, 0) is 0 Å². The number of nitrogens with zero attached hydrogens (tertiary/aromatic N) is 1. The Bertz CT molecular complexity index is 396. The van der Waals surface area contributed by atoms with Gasteiger partial charge in [0.25, 0.3) is 0 Å². The van der Waals surface area contributed by atoms with Gasteiger partial charge in [0.15, 0.2) is 0 Å². The fourth-order valence-corrected chi connectivity index (χ4v) is 1.10. The number of nitrogens with one attached hydrogen (secondary N) is 1. The summed E-state index contributed by atoms with van der Waals surface area (Å²) in [5, 5.41) is 6.60. The summed E-state index contributed by atoms with van der Waals surface area (Å²) in [6.45, 7) is 0. The lowest BCUT2D eigenvalue weighted by molar-refractivity contribution is 0.588. The standard InChI is InChI=1S/C7H6BFN2/c8-4-1-2-6-5(3-4)7(9)11-10-6/h1-3H,8H2,(H,10,11). The topological polar surface area (TPSA) is 28.7 Å². The smallest absolute Gasteiger partial charge is 0.240 e. The Hall–Kier alpha value is -1.32. The lowest BCUT2D eigenvalue weighted by Crippen LogP contribution is -1.99. The molecule has 0 unspecified atom stereocenters. The Kier molecular flexibility index (Phi) is 1.21. The van der Waals surface area contributed by atoms with Crippen molar-refractivity contribution in [1.82, 2.24) is 10.2 Å². The first kappa shape index (κ1) is 6.40. The van der Waals surface area contributed by atoms with Gasteiger partial charge in [-0.15, -0.1) is 5.10 Å². The summed E-state index contributed by atoms with van der Waals surface area (Å²) in [4.78, 5) is 0. The molecule has 2 rings (SSSR count). The molecule has 4 heteroatoms. The molecule has 11 heavy (non-hydrogen) atoms. The van der Waals surface area contributed by atoms with Crippen LogP contribution in [0.4, 0.5) is 4.39 Å². The Labute approximate surface area is 63.8 Å². The molecule has 2 aromatic rings. The molecular weight excluding hydrogens is 142 g/mol. The third-order valence-corrected chi connectivity index (χ3v) is 1.67. The molecule has 1 N–H and O–H groups in total. The zero-order chi connectivity index (χ0) is 7.84. The van der Waals surface area contributed by atoms with E-state index in [0.29, 0.717) is 5.39 Å². The monoisotopic (exact) mass is 148 g/mol. The average molecular weight is 148 g/mol. The highest BCUT2D eigenvalue weighted by Gasteiger charge is 2.02. The van der Waals surface area contributed by atoms with Crippen LogP contribution >= 0.6 is 0 Å². The van der Waals surface area contributed by atoms with Crippen LogP contribution in [0.5, 0.6) is 0 Å². The Balaban J connectivity index is 2.87. The van der Waals surface area contributed by atoms with Gasteiger partial charge >= 0.3 is 0 Å². The van der Waals surface area contributed by atoms with Gasteiger partial charge in [-0.05, 0) is 6.07 Å². The first-order valence-electron chi connectivity index (χ1n) is 3.37. The number of halogens is 1. The molecule has 1 aromatic carbocycles. The van der Waals surface area contributed by atoms with Gasteiger partial charge in [0.2, 0.25) is 5.95 Å². The van der Waals surface area contributed by atoms with E-state index < -0.39 is 5.95 Å². The van der Waals surface area contributed by atoms with E-state index in [2.05, 4.69) is 10.2 Å². The minimum absolute atomic E-state index is 0.427. The highest BCUT2D eigenvalue weighted by molar-refractivity contribution is 6.33. The fourth-order valence-electron chi connectivity index (χ4n) is 1.10. The molecular formula is C7H6BFN2. The molecule has 0 fully saturated rings. The summed E-state index contributed by atoms with van der Waals surface area (Å²) in [6.07, 6.45) is 0. The van der Waals surface area contributed by atoms with E-state index in [4.69, 9.17) is 0 Å². The molecule has 54 valence electrons. The number of aromatic nitrogens is 2. The highest BCUT2D eigenvalue weighted by atomic mass is 19.1. The molecule has 0 spiro atoms. The summed E-state index contributed by atoms with van der Waals surface area (Å²) in [7, 11) is 1.92. The number of fused-ring (bicyclic) bond motifs is 1. The average Bonchev–Trinajstić information content (AvgIpc) is 2.33. The molecule has 0 saturated heterocycles. The predicted octanol–water partition coefficient (Wildman–Crippen LogP) is -0.0396. The lowest BCUT2D eigenvalue weighted by atomic mass is 9.95. The minimum Gasteiger partial charge on any atom is -0.275 e. The summed E-state index contributed by atoms with van der Waals surface area (Å²) in [6, 6.07) is 5.51. The van der Waals surface area contributed by atoms with Gasteiger partial charge in [0, 0.05) is 0 Å². The number of hydrogen-bond acceptors (Lipinski definition) is 1. The van der Waals surface area contributed by atoms with Crippen LogP contribution in [0, 0.1) is 5.95 Å². The van der Waals surface area contributed by atoms with E-state index in [1.54, 1.807) is 6.07 Å². The fraction of sp³-hybridized carbons (Fsp3) is 0. The minimum atomic E-state index is -0.427. The zero-order valence-corrected chi connectivity index (χ0v) is 6.06. The van der Waals surface area contributed by atoms with Crippen molar-refractivity contribution < 1.29 is 4.39 Å². The zero-order valence-electron chi connectivity index (χ0n) is 6.06. The van der Waals surface area contributed by atoms with Crippen LogP contribution in [0.25, 0.3) is 10.9 Å². The van der Waals surface area contributed by atoms with E-state index in [-0.39, 0.29) is 0 Å². The van der Waals surface area contributed by atoms with Crippen LogP contribution in [0.2, 0.25) is 0 Å². The molecule has 0 saturated carbocycles. The van der Waals surface area contributed by atoms with Gasteiger partial charge in [-0.1, -0.05) is 17.6 Å². The number of hydrogen-bond donors (Lipinski definition) is 1. The first-order valence-corrected chi connectivity index (χ1v) is 3.37. The Morgan fingerprint density at radius 2 is 2.27 bits per heavy atom. The number of benzene rings is 1. The van der Waals surface area contributed by atoms with Crippen molar-refractivity contribution in [2.75, 3.05) is 0 Å². The first-order chi connectivity index (χ1) is 5.27. The maximum absolute atomic E-state index is 12.8. The summed E-state index contributed by atoms with van der Waals surface area (Å²) in [5.74, 6) is -0.427. The Morgan fingerprint density at radius 1 is 1.45 bits per heavy atom. The SMILES string of the molecule is Bc1ccc2[nH]nc(F)c2c1. The van der Waals surface area contributed by atoms with Gasteiger partial charge in [0.05, 0.1) is 10.9 Å². The van der Waals surface area contributed by atoms with Gasteiger partial charge in [-0.25, -0.2) is 0 Å². The highest BCUT2D eigenvalue weighted by Crippen LogP contribution is 2.11. The van der Waals surface area contributed by atoms with E-state index in [0.717, 1.165) is 11.0 Å². The molecule has 1 aromatic heterocycles. The molecule has 0 aliphatic heterocycles. The lowest BCUT2D eigenvalue weighted by Gasteiger charge is -1.89. The van der Waals surface area contributed by atoms with Crippen LogP contribution in [-0.4, -0.2) is 18.0 Å². The predicted molar refractivity (Wildman–Crippen MR) is 44.2 cm³/mol. The van der Waals surface area contributed by atoms with Crippen molar-refractivity contribution in [2.24, 2.45) is 0 Å². The molecule has 0 aliphatic rings. The molecule has 0 amide bonds. The van der Waals surface area contributed by atoms with E-state index >= 15 is 0 Å². The van der Waals surface area contributed by atoms with Crippen LogP contribution in [0.1, 0.15) is 0 Å². The summed E-state index contributed by atoms with van der Waals surface area (Å²) >= 11 is 0. The molecule has 0 radical (unpaired) electrons. The van der Waals surface area contributed by atoms with Gasteiger partial charge in [0.1, 0.15) is 7.85 Å². The van der Waals surface area contributed by atoms with Crippen LogP contribution in [0.3, 0.4) is 0 Å². The van der Waals surface area contributed by atoms with Crippen molar-refractivity contribution in [2.45, 2.75) is 0 Å². The van der Waals surface area contributed by atoms with Gasteiger partial charge < -0.3 is 0 Å². The molecule has 0 atom stereocenters. The van der Waals surface area contributed by atoms with Crippen molar-refractivity contribution in [3.05, 3.63) is 24.1 Å². The number of H-pyrrole nitrogens is 1. The summed E-state index contributed by atoms with van der Waals surface area (Å²) in [5.41, 5.74) is 1.78. The van der Waals surface area contributed by atoms with E-state index in [1.165, 1.54) is 0 Å². The van der Waals surface area contributed by atoms with Crippen molar-refractivity contribution in [3.63, 3.8) is 0 Å². The van der Waals surface area contributed by atoms with E-state index in [1.807, 2.05) is 20.0 Å². The van der Waals surface area contributed by atoms with Crippen molar-refractivity contribution in [3.8, 4) is 0 Å². The number of rotatable bonds is 0. The van der Waals surface area contributed by atoms with Crippen LogP contribution < -0.4 is 5.46 Å². The van der Waals surface area contributed by atoms with Crippen molar-refractivity contribution >= 4 is 24.2 Å². The quantitative estimate of drug-likeness (QED) is 0.521. The second-order valence-electron chi connectivity index (χ2n) is 2.56. The third-order valence-electron chi connectivity index (χ3n) is 1.67. The van der Waals surface area contributed by atoms with Crippen LogP contribution in [0.15, 0.2) is 18.2 Å². The second kappa shape index (κ2) is 2.08. The second-order valence-corrected chi connectivity index (χ2v) is 2.56. The molecule has 0 aliphatic carbocycles. The molecule has 0 bridgehead atoms. The van der Waals surface area contributed by atoms with Crippen molar-refractivity contribution in [1.29, 1.82) is 0 Å². The molecule has 2 nitrogen and oxygen atoms in total.